The van der Waals surface area contributed by atoms with Gasteiger partial charge >= 0.3 is 12.3 Å². The van der Waals surface area contributed by atoms with Crippen molar-refractivity contribution in [3.8, 4) is 0 Å². The van der Waals surface area contributed by atoms with Crippen LogP contribution in [0.4, 0.5) is 23.7 Å². The van der Waals surface area contributed by atoms with Crippen molar-refractivity contribution in [2.75, 3.05) is 11.9 Å². The summed E-state index contributed by atoms with van der Waals surface area (Å²) in [5.41, 5.74) is 3.92. The number of rotatable bonds is 4. The highest BCUT2D eigenvalue weighted by Crippen LogP contribution is 2.33. The predicted octanol–water partition coefficient (Wildman–Crippen LogP) is 3.54. The molecule has 1 rings (SSSR count). The van der Waals surface area contributed by atoms with Gasteiger partial charge in [-0.05, 0) is 24.1 Å². The molecule has 0 aliphatic heterocycles. The Morgan fingerprint density at radius 1 is 1.43 bits per heavy atom. The Balaban J connectivity index is 2.96. The molecule has 21 heavy (non-hydrogen) atoms. The molecule has 1 amide bonds. The van der Waals surface area contributed by atoms with Crippen molar-refractivity contribution in [1.82, 2.24) is 0 Å². The van der Waals surface area contributed by atoms with Gasteiger partial charge in [-0.3, -0.25) is 5.32 Å². The topological polar surface area (TPSA) is 64.3 Å². The van der Waals surface area contributed by atoms with Crippen LogP contribution in [-0.4, -0.2) is 17.7 Å². The molecule has 0 radical (unpaired) electrons. The zero-order valence-corrected chi connectivity index (χ0v) is 12.3. The average molecular weight is 320 g/mol. The SMILES string of the molecule is CC(C)COC(=O)Nc1ccc(C(N)=S)c(C(F)(F)F)c1. The number of carbonyl (C=O) groups is 1. The van der Waals surface area contributed by atoms with Crippen molar-refractivity contribution in [3.63, 3.8) is 0 Å². The highest BCUT2D eigenvalue weighted by molar-refractivity contribution is 7.80. The van der Waals surface area contributed by atoms with E-state index in [2.05, 4.69) is 17.5 Å². The second-order valence-corrected chi connectivity index (χ2v) is 5.18. The molecule has 1 aromatic carbocycles. The summed E-state index contributed by atoms with van der Waals surface area (Å²) in [5, 5.41) is 2.23. The molecule has 116 valence electrons. The Kier molecular flexibility index (Phi) is 5.54. The largest absolute Gasteiger partial charge is 0.449 e. The second-order valence-electron chi connectivity index (χ2n) is 4.74. The number of hydrogen-bond acceptors (Lipinski definition) is 3. The number of thiocarbonyl (C=S) groups is 1. The van der Waals surface area contributed by atoms with Crippen LogP contribution < -0.4 is 11.1 Å². The van der Waals surface area contributed by atoms with Crippen molar-refractivity contribution < 1.29 is 22.7 Å². The van der Waals surface area contributed by atoms with Gasteiger partial charge in [0.25, 0.3) is 0 Å². The normalized spacial score (nSPS) is 11.3. The van der Waals surface area contributed by atoms with E-state index in [9.17, 15) is 18.0 Å². The molecule has 0 atom stereocenters. The maximum absolute atomic E-state index is 12.9. The first-order chi connectivity index (χ1) is 9.61. The summed E-state index contributed by atoms with van der Waals surface area (Å²) in [7, 11) is 0. The summed E-state index contributed by atoms with van der Waals surface area (Å²) in [4.78, 5) is 11.1. The van der Waals surface area contributed by atoms with E-state index in [1.165, 1.54) is 6.07 Å². The van der Waals surface area contributed by atoms with Crippen LogP contribution in [0.1, 0.15) is 25.0 Å². The van der Waals surface area contributed by atoms with Gasteiger partial charge in [0, 0.05) is 11.3 Å². The minimum absolute atomic E-state index is 0.0453. The number of amides is 1. The lowest BCUT2D eigenvalue weighted by Crippen LogP contribution is -2.20. The van der Waals surface area contributed by atoms with E-state index < -0.39 is 17.8 Å². The summed E-state index contributed by atoms with van der Waals surface area (Å²) in [6, 6.07) is 3.16. The van der Waals surface area contributed by atoms with E-state index in [0.29, 0.717) is 0 Å². The van der Waals surface area contributed by atoms with Crippen LogP contribution in [0.2, 0.25) is 0 Å². The first-order valence-electron chi connectivity index (χ1n) is 6.06. The molecule has 4 nitrogen and oxygen atoms in total. The molecular weight excluding hydrogens is 305 g/mol. The molecule has 0 aromatic heterocycles. The molecule has 1 aromatic rings. The van der Waals surface area contributed by atoms with Gasteiger partial charge in [-0.15, -0.1) is 0 Å². The monoisotopic (exact) mass is 320 g/mol. The first kappa shape index (κ1) is 17.2. The van der Waals surface area contributed by atoms with Crippen LogP contribution in [0.5, 0.6) is 0 Å². The van der Waals surface area contributed by atoms with Crippen molar-refractivity contribution in [1.29, 1.82) is 0 Å². The average Bonchev–Trinajstić information content (AvgIpc) is 2.35. The third-order valence-electron chi connectivity index (χ3n) is 2.38. The van der Waals surface area contributed by atoms with E-state index >= 15 is 0 Å². The zero-order chi connectivity index (χ0) is 16.2. The van der Waals surface area contributed by atoms with Crippen LogP contribution in [0.3, 0.4) is 0 Å². The fourth-order valence-corrected chi connectivity index (χ4v) is 1.65. The lowest BCUT2D eigenvalue weighted by Gasteiger charge is -2.14. The maximum atomic E-state index is 12.9. The number of nitrogens with two attached hydrogens (primary N) is 1. The van der Waals surface area contributed by atoms with Gasteiger partial charge in [0.2, 0.25) is 0 Å². The summed E-state index contributed by atoms with van der Waals surface area (Å²) in [5.74, 6) is 0.124. The minimum atomic E-state index is -4.63. The second kappa shape index (κ2) is 6.75. The zero-order valence-electron chi connectivity index (χ0n) is 11.5. The van der Waals surface area contributed by atoms with E-state index in [1.54, 1.807) is 0 Å². The molecule has 0 heterocycles. The number of anilines is 1. The molecule has 0 spiro atoms. The molecule has 0 fully saturated rings. The Bertz CT molecular complexity index is 545. The van der Waals surface area contributed by atoms with Crippen molar-refractivity contribution in [2.24, 2.45) is 11.7 Å². The van der Waals surface area contributed by atoms with Crippen molar-refractivity contribution in [2.45, 2.75) is 20.0 Å². The Hall–Kier alpha value is -1.83. The van der Waals surface area contributed by atoms with E-state index in [4.69, 9.17) is 10.5 Å². The van der Waals surface area contributed by atoms with Crippen molar-refractivity contribution >= 4 is 29.0 Å². The van der Waals surface area contributed by atoms with Crippen molar-refractivity contribution in [3.05, 3.63) is 29.3 Å². The van der Waals surface area contributed by atoms with Gasteiger partial charge in [0.1, 0.15) is 4.99 Å². The van der Waals surface area contributed by atoms with E-state index in [0.717, 1.165) is 12.1 Å². The van der Waals surface area contributed by atoms with Crippen LogP contribution in [0, 0.1) is 5.92 Å². The lowest BCUT2D eigenvalue weighted by atomic mass is 10.1. The van der Waals surface area contributed by atoms with Gasteiger partial charge in [-0.2, -0.15) is 13.2 Å². The number of hydrogen-bond donors (Lipinski definition) is 2. The first-order valence-corrected chi connectivity index (χ1v) is 6.47. The van der Waals surface area contributed by atoms with Gasteiger partial charge < -0.3 is 10.5 Å². The third kappa shape index (κ3) is 5.22. The number of ether oxygens (including phenoxy) is 1. The fourth-order valence-electron chi connectivity index (χ4n) is 1.47. The Labute approximate surface area is 125 Å². The smallest absolute Gasteiger partial charge is 0.417 e. The molecule has 0 saturated heterocycles. The highest BCUT2D eigenvalue weighted by Gasteiger charge is 2.34. The van der Waals surface area contributed by atoms with Gasteiger partial charge in [0.15, 0.2) is 0 Å². The Morgan fingerprint density at radius 2 is 2.05 bits per heavy atom. The molecule has 0 aliphatic rings. The molecular formula is C13H15F3N2O2S. The molecule has 3 N–H and O–H groups in total. The number of benzene rings is 1. The molecule has 0 saturated carbocycles. The predicted molar refractivity (Wildman–Crippen MR) is 77.1 cm³/mol. The molecule has 0 aliphatic carbocycles. The number of carbonyl (C=O) groups excluding carboxylic acids is 1. The summed E-state index contributed by atoms with van der Waals surface area (Å²) in [6.45, 7) is 3.85. The summed E-state index contributed by atoms with van der Waals surface area (Å²) in [6.07, 6.45) is -5.45. The molecule has 0 unspecified atom stereocenters. The maximum Gasteiger partial charge on any atom is 0.417 e. The van der Waals surface area contributed by atoms with Crippen LogP contribution in [-0.2, 0) is 10.9 Å². The fraction of sp³-hybridized carbons (Fsp3) is 0.385. The lowest BCUT2D eigenvalue weighted by molar-refractivity contribution is -0.137. The molecule has 8 heteroatoms. The third-order valence-corrected chi connectivity index (χ3v) is 2.60. The van der Waals surface area contributed by atoms with E-state index in [-0.39, 0.29) is 28.8 Å². The van der Waals surface area contributed by atoms with Gasteiger partial charge in [-0.25, -0.2) is 4.79 Å². The van der Waals surface area contributed by atoms with E-state index in [1.807, 2.05) is 13.8 Å². The van der Waals surface area contributed by atoms with Gasteiger partial charge in [-0.1, -0.05) is 26.1 Å². The number of alkyl halides is 3. The minimum Gasteiger partial charge on any atom is -0.449 e. The number of halogens is 3. The van der Waals surface area contributed by atoms with Crippen LogP contribution in [0.25, 0.3) is 0 Å². The quantitative estimate of drug-likeness (QED) is 0.833. The number of nitrogens with one attached hydrogen (secondary N) is 1. The van der Waals surface area contributed by atoms with Crippen LogP contribution >= 0.6 is 12.2 Å². The summed E-state index contributed by atoms with van der Waals surface area (Å²) >= 11 is 4.59. The Morgan fingerprint density at radius 3 is 2.52 bits per heavy atom. The molecule has 0 bridgehead atoms. The highest BCUT2D eigenvalue weighted by atomic mass is 32.1. The van der Waals surface area contributed by atoms with Gasteiger partial charge in [0.05, 0.1) is 12.2 Å². The van der Waals surface area contributed by atoms with Crippen LogP contribution in [0.15, 0.2) is 18.2 Å². The standard InChI is InChI=1S/C13H15F3N2O2S/c1-7(2)6-20-12(19)18-8-3-4-9(11(17)21)10(5-8)13(14,15)16/h3-5,7H,6H2,1-2H3,(H2,17,21)(H,18,19). The summed E-state index contributed by atoms with van der Waals surface area (Å²) < 4.78 is 43.6.